The summed E-state index contributed by atoms with van der Waals surface area (Å²) in [6.07, 6.45) is -0.741. The molecule has 1 aromatic carbocycles. The maximum atomic E-state index is 12.4. The first kappa shape index (κ1) is 14.7. The molecule has 1 fully saturated rings. The summed E-state index contributed by atoms with van der Waals surface area (Å²) in [4.78, 5) is 11.3. The topological polar surface area (TPSA) is 87.5 Å². The number of benzene rings is 1. The summed E-state index contributed by atoms with van der Waals surface area (Å²) in [7, 11) is -3.66. The highest BCUT2D eigenvalue weighted by Crippen LogP contribution is 2.19. The van der Waals surface area contributed by atoms with Gasteiger partial charge in [-0.3, -0.25) is 4.79 Å². The number of Topliss-reactive ketones (excluding diaryl/α,β-unsaturated/α-hetero) is 1. The summed E-state index contributed by atoms with van der Waals surface area (Å²) in [5.41, 5.74) is 0.459. The molecular weight excluding hydrogens is 280 g/mol. The molecule has 1 saturated heterocycles. The van der Waals surface area contributed by atoms with E-state index in [1.54, 1.807) is 0 Å². The normalized spacial score (nSPS) is 20.3. The summed E-state index contributed by atoms with van der Waals surface area (Å²) < 4.78 is 31.2. The molecule has 1 unspecified atom stereocenters. The Morgan fingerprint density at radius 3 is 2.60 bits per heavy atom. The number of rotatable bonds is 3. The fraction of sp³-hybridized carbons (Fsp3) is 0.385. The van der Waals surface area contributed by atoms with Gasteiger partial charge in [0.15, 0.2) is 11.9 Å². The van der Waals surface area contributed by atoms with Crippen molar-refractivity contribution in [3.63, 3.8) is 0 Å². The molecule has 1 aliphatic heterocycles. The lowest BCUT2D eigenvalue weighted by Crippen LogP contribution is -2.44. The number of morpholine rings is 1. The number of carbonyl (C=O) groups excluding carboxylic acids is 1. The number of ether oxygens (including phenoxy) is 1. The number of nitriles is 1. The van der Waals surface area contributed by atoms with Crippen LogP contribution >= 0.6 is 0 Å². The van der Waals surface area contributed by atoms with Gasteiger partial charge in [-0.15, -0.1) is 0 Å². The van der Waals surface area contributed by atoms with Crippen LogP contribution in [0.5, 0.6) is 0 Å². The van der Waals surface area contributed by atoms with E-state index in [1.165, 1.54) is 35.5 Å². The predicted molar refractivity (Wildman–Crippen MR) is 70.6 cm³/mol. The number of sulfonamides is 1. The Bertz CT molecular complexity index is 646. The van der Waals surface area contributed by atoms with Gasteiger partial charge in [-0.1, -0.05) is 12.1 Å². The molecule has 7 heteroatoms. The monoisotopic (exact) mass is 294 g/mol. The quantitative estimate of drug-likeness (QED) is 0.770. The van der Waals surface area contributed by atoms with E-state index >= 15 is 0 Å². The summed E-state index contributed by atoms with van der Waals surface area (Å²) in [6.45, 7) is 1.86. The first-order valence-corrected chi connectivity index (χ1v) is 7.51. The van der Waals surface area contributed by atoms with E-state index in [9.17, 15) is 13.2 Å². The van der Waals surface area contributed by atoms with Crippen molar-refractivity contribution in [3.8, 4) is 6.07 Å². The van der Waals surface area contributed by atoms with Crippen molar-refractivity contribution < 1.29 is 17.9 Å². The van der Waals surface area contributed by atoms with E-state index in [-0.39, 0.29) is 30.4 Å². The second-order valence-electron chi connectivity index (χ2n) is 4.43. The van der Waals surface area contributed by atoms with Crippen LogP contribution in [-0.4, -0.2) is 44.3 Å². The third-order valence-electron chi connectivity index (χ3n) is 3.07. The zero-order valence-electron chi connectivity index (χ0n) is 10.9. The van der Waals surface area contributed by atoms with Gasteiger partial charge in [-0.2, -0.15) is 9.57 Å². The number of nitrogens with zero attached hydrogens (tertiary/aromatic N) is 2. The minimum atomic E-state index is -3.66. The summed E-state index contributed by atoms with van der Waals surface area (Å²) >= 11 is 0. The number of carbonyl (C=O) groups is 1. The van der Waals surface area contributed by atoms with E-state index in [4.69, 9.17) is 10.00 Å². The van der Waals surface area contributed by atoms with E-state index < -0.39 is 16.1 Å². The number of ketones is 1. The molecule has 1 aliphatic rings. The molecule has 0 saturated carbocycles. The van der Waals surface area contributed by atoms with Crippen LogP contribution in [0.1, 0.15) is 17.3 Å². The Hall–Kier alpha value is -1.75. The highest BCUT2D eigenvalue weighted by molar-refractivity contribution is 7.89. The molecule has 0 N–H and O–H groups in total. The third kappa shape index (κ3) is 2.88. The molecule has 0 aromatic heterocycles. The Labute approximate surface area is 117 Å². The molecule has 20 heavy (non-hydrogen) atoms. The summed E-state index contributed by atoms with van der Waals surface area (Å²) in [5.74, 6) is -0.120. The van der Waals surface area contributed by atoms with Crippen LogP contribution in [0.4, 0.5) is 0 Å². The van der Waals surface area contributed by atoms with Gasteiger partial charge >= 0.3 is 0 Å². The maximum absolute atomic E-state index is 12.4. The second kappa shape index (κ2) is 5.71. The largest absolute Gasteiger partial charge is 0.361 e. The molecule has 0 radical (unpaired) electrons. The first-order chi connectivity index (χ1) is 9.45. The smallest absolute Gasteiger partial charge is 0.243 e. The minimum absolute atomic E-state index is 0.0211. The SMILES string of the molecule is CC(=O)c1ccc(S(=O)(=O)N2CCOC(C#N)C2)cc1. The number of hydrogen-bond acceptors (Lipinski definition) is 5. The van der Waals surface area contributed by atoms with Crippen molar-refractivity contribution in [1.29, 1.82) is 5.26 Å². The molecular formula is C13H14N2O4S. The lowest BCUT2D eigenvalue weighted by Gasteiger charge is -2.28. The maximum Gasteiger partial charge on any atom is 0.243 e. The van der Waals surface area contributed by atoms with Crippen LogP contribution in [0.25, 0.3) is 0 Å². The van der Waals surface area contributed by atoms with Gasteiger partial charge in [0.25, 0.3) is 0 Å². The average molecular weight is 294 g/mol. The van der Waals surface area contributed by atoms with Gasteiger partial charge in [0, 0.05) is 12.1 Å². The van der Waals surface area contributed by atoms with Gasteiger partial charge in [-0.05, 0) is 19.1 Å². The van der Waals surface area contributed by atoms with Crippen molar-refractivity contribution in [2.45, 2.75) is 17.9 Å². The Balaban J connectivity index is 2.26. The molecule has 2 rings (SSSR count). The van der Waals surface area contributed by atoms with Gasteiger partial charge in [0.1, 0.15) is 0 Å². The minimum Gasteiger partial charge on any atom is -0.361 e. The standard InChI is InChI=1S/C13H14N2O4S/c1-10(16)11-2-4-13(5-3-11)20(17,18)15-6-7-19-12(8-14)9-15/h2-5,12H,6-7,9H2,1H3. The summed E-state index contributed by atoms with van der Waals surface area (Å²) in [5, 5.41) is 8.81. The molecule has 0 spiro atoms. The van der Waals surface area contributed by atoms with E-state index in [0.717, 1.165) is 0 Å². The van der Waals surface area contributed by atoms with Crippen LogP contribution in [-0.2, 0) is 14.8 Å². The van der Waals surface area contributed by atoms with Crippen LogP contribution in [0.3, 0.4) is 0 Å². The second-order valence-corrected chi connectivity index (χ2v) is 6.37. The molecule has 1 aromatic rings. The molecule has 6 nitrogen and oxygen atoms in total. The van der Waals surface area contributed by atoms with Crippen molar-refractivity contribution in [2.75, 3.05) is 19.7 Å². The molecule has 0 amide bonds. The highest BCUT2D eigenvalue weighted by Gasteiger charge is 2.30. The van der Waals surface area contributed by atoms with Crippen LogP contribution < -0.4 is 0 Å². The predicted octanol–water partition coefficient (Wildman–Crippen LogP) is 0.802. The van der Waals surface area contributed by atoms with Gasteiger partial charge < -0.3 is 4.74 Å². The van der Waals surface area contributed by atoms with Crippen molar-refractivity contribution in [2.24, 2.45) is 0 Å². The molecule has 1 heterocycles. The molecule has 1 atom stereocenters. The Morgan fingerprint density at radius 2 is 2.05 bits per heavy atom. The first-order valence-electron chi connectivity index (χ1n) is 6.07. The van der Waals surface area contributed by atoms with Crippen LogP contribution in [0, 0.1) is 11.3 Å². The Morgan fingerprint density at radius 1 is 1.40 bits per heavy atom. The third-order valence-corrected chi connectivity index (χ3v) is 4.95. The zero-order valence-corrected chi connectivity index (χ0v) is 11.8. The van der Waals surface area contributed by atoms with Crippen molar-refractivity contribution in [1.82, 2.24) is 4.31 Å². The van der Waals surface area contributed by atoms with E-state index in [1.807, 2.05) is 6.07 Å². The average Bonchev–Trinajstić information content (AvgIpc) is 2.47. The molecule has 106 valence electrons. The fourth-order valence-corrected chi connectivity index (χ4v) is 3.36. The fourth-order valence-electron chi connectivity index (χ4n) is 1.93. The van der Waals surface area contributed by atoms with Crippen LogP contribution in [0.2, 0.25) is 0 Å². The van der Waals surface area contributed by atoms with Crippen molar-refractivity contribution >= 4 is 15.8 Å². The lowest BCUT2D eigenvalue weighted by atomic mass is 10.2. The van der Waals surface area contributed by atoms with Crippen molar-refractivity contribution in [3.05, 3.63) is 29.8 Å². The lowest BCUT2D eigenvalue weighted by molar-refractivity contribution is 0.0311. The van der Waals surface area contributed by atoms with Gasteiger partial charge in [0.2, 0.25) is 10.0 Å². The van der Waals surface area contributed by atoms with E-state index in [2.05, 4.69) is 0 Å². The van der Waals surface area contributed by atoms with Gasteiger partial charge in [0.05, 0.1) is 24.1 Å². The highest BCUT2D eigenvalue weighted by atomic mass is 32.2. The van der Waals surface area contributed by atoms with Gasteiger partial charge in [-0.25, -0.2) is 8.42 Å². The molecule has 0 aliphatic carbocycles. The Kier molecular flexibility index (Phi) is 4.18. The molecule has 0 bridgehead atoms. The zero-order chi connectivity index (χ0) is 14.8. The van der Waals surface area contributed by atoms with Crippen LogP contribution in [0.15, 0.2) is 29.2 Å². The summed E-state index contributed by atoms with van der Waals surface area (Å²) in [6, 6.07) is 7.69. The number of hydrogen-bond donors (Lipinski definition) is 0. The van der Waals surface area contributed by atoms with E-state index in [0.29, 0.717) is 5.56 Å².